The molecule has 0 amide bonds. The maximum absolute atomic E-state index is 9.03. The fourth-order valence-corrected chi connectivity index (χ4v) is 1.37. The first-order valence-electron chi connectivity index (χ1n) is 5.98. The van der Waals surface area contributed by atoms with E-state index in [1.807, 2.05) is 44.2 Å². The molecule has 0 aromatic heterocycles. The van der Waals surface area contributed by atoms with Crippen molar-refractivity contribution in [2.45, 2.75) is 20.5 Å². The Kier molecular flexibility index (Phi) is 5.46. The summed E-state index contributed by atoms with van der Waals surface area (Å²) in [5.41, 5.74) is 8.45. The van der Waals surface area contributed by atoms with Crippen molar-refractivity contribution < 1.29 is 9.84 Å². The highest BCUT2D eigenvalue weighted by Gasteiger charge is 2.03. The summed E-state index contributed by atoms with van der Waals surface area (Å²) in [5.74, 6) is 0.728. The quantitative estimate of drug-likeness (QED) is 0.461. The molecule has 0 aliphatic rings. The Hall–Kier alpha value is -1.74. The van der Waals surface area contributed by atoms with Crippen LogP contribution in [0.5, 0.6) is 0 Å². The van der Waals surface area contributed by atoms with E-state index in [-0.39, 0.29) is 12.5 Å². The van der Waals surface area contributed by atoms with Crippen LogP contribution in [0.4, 0.5) is 5.69 Å². The molecule has 1 atom stereocenters. The number of nitrogen functional groups attached to an aromatic ring is 1. The van der Waals surface area contributed by atoms with Gasteiger partial charge in [0.05, 0.1) is 0 Å². The minimum Gasteiger partial charge on any atom is -0.490 e. The highest BCUT2D eigenvalue weighted by molar-refractivity contribution is 5.39. The van der Waals surface area contributed by atoms with E-state index in [1.165, 1.54) is 0 Å². The van der Waals surface area contributed by atoms with Gasteiger partial charge in [-0.25, -0.2) is 0 Å². The van der Waals surface area contributed by atoms with Crippen LogP contribution in [0.15, 0.2) is 48.3 Å². The SMILES string of the molecule is C=C(/C=C(\C)C(C)CO)OCc1ccc(N)cc1. The molecule has 0 aliphatic carbocycles. The average Bonchev–Trinajstić information content (AvgIpc) is 2.37. The summed E-state index contributed by atoms with van der Waals surface area (Å²) >= 11 is 0. The lowest BCUT2D eigenvalue weighted by Gasteiger charge is -2.11. The van der Waals surface area contributed by atoms with E-state index in [2.05, 4.69) is 6.58 Å². The van der Waals surface area contributed by atoms with Crippen molar-refractivity contribution >= 4 is 5.69 Å². The van der Waals surface area contributed by atoms with Gasteiger partial charge >= 0.3 is 0 Å². The first-order valence-corrected chi connectivity index (χ1v) is 5.98. The number of hydrogen-bond acceptors (Lipinski definition) is 3. The number of ether oxygens (including phenoxy) is 1. The zero-order chi connectivity index (χ0) is 13.5. The second kappa shape index (κ2) is 6.87. The summed E-state index contributed by atoms with van der Waals surface area (Å²) in [4.78, 5) is 0. The minimum absolute atomic E-state index is 0.127. The van der Waals surface area contributed by atoms with E-state index < -0.39 is 0 Å². The van der Waals surface area contributed by atoms with Gasteiger partial charge in [0, 0.05) is 18.2 Å². The second-order valence-electron chi connectivity index (χ2n) is 4.47. The van der Waals surface area contributed by atoms with Gasteiger partial charge in [-0.2, -0.15) is 0 Å². The third-order valence-electron chi connectivity index (χ3n) is 2.84. The van der Waals surface area contributed by atoms with E-state index in [0.717, 1.165) is 16.8 Å². The minimum atomic E-state index is 0.127. The van der Waals surface area contributed by atoms with Gasteiger partial charge in [-0.3, -0.25) is 0 Å². The molecule has 1 aromatic rings. The Morgan fingerprint density at radius 3 is 2.61 bits per heavy atom. The summed E-state index contributed by atoms with van der Waals surface area (Å²) in [5, 5.41) is 9.03. The molecular formula is C15H21NO2. The predicted molar refractivity (Wildman–Crippen MR) is 74.8 cm³/mol. The number of nitrogens with two attached hydrogens (primary N) is 1. The average molecular weight is 247 g/mol. The third-order valence-corrected chi connectivity index (χ3v) is 2.84. The lowest BCUT2D eigenvalue weighted by Crippen LogP contribution is -2.02. The summed E-state index contributed by atoms with van der Waals surface area (Å²) in [6, 6.07) is 7.54. The first-order chi connectivity index (χ1) is 8.52. The Labute approximate surface area is 109 Å². The monoisotopic (exact) mass is 247 g/mol. The third kappa shape index (κ3) is 4.63. The van der Waals surface area contributed by atoms with Crippen molar-refractivity contribution in [3.05, 3.63) is 53.8 Å². The molecule has 1 aromatic carbocycles. The summed E-state index contributed by atoms with van der Waals surface area (Å²) in [7, 11) is 0. The van der Waals surface area contributed by atoms with Gasteiger partial charge in [0.2, 0.25) is 0 Å². The van der Waals surface area contributed by atoms with E-state index in [1.54, 1.807) is 0 Å². The van der Waals surface area contributed by atoms with Crippen LogP contribution in [-0.2, 0) is 11.3 Å². The number of anilines is 1. The van der Waals surface area contributed by atoms with E-state index in [0.29, 0.717) is 12.4 Å². The van der Waals surface area contributed by atoms with Crippen molar-refractivity contribution in [2.75, 3.05) is 12.3 Å². The maximum Gasteiger partial charge on any atom is 0.113 e. The molecule has 1 unspecified atom stereocenters. The molecular weight excluding hydrogens is 226 g/mol. The molecule has 3 nitrogen and oxygen atoms in total. The highest BCUT2D eigenvalue weighted by Crippen LogP contribution is 2.14. The number of rotatable bonds is 6. The van der Waals surface area contributed by atoms with E-state index in [4.69, 9.17) is 15.6 Å². The molecule has 0 heterocycles. The van der Waals surface area contributed by atoms with Gasteiger partial charge in [-0.05, 0) is 30.7 Å². The van der Waals surface area contributed by atoms with Gasteiger partial charge < -0.3 is 15.6 Å². The topological polar surface area (TPSA) is 55.5 Å². The molecule has 3 heteroatoms. The number of aliphatic hydroxyl groups excluding tert-OH is 1. The predicted octanol–water partition coefficient (Wildman–Crippen LogP) is 2.87. The van der Waals surface area contributed by atoms with E-state index in [9.17, 15) is 0 Å². The van der Waals surface area contributed by atoms with E-state index >= 15 is 0 Å². The number of aliphatic hydroxyl groups is 1. The van der Waals surface area contributed by atoms with Crippen LogP contribution in [0.25, 0.3) is 0 Å². The standard InChI is InChI=1S/C15H21NO2/c1-11(12(2)9-17)8-13(3)18-10-14-4-6-15(16)7-5-14/h4-8,12,17H,3,9-10,16H2,1-2H3/b11-8+. The molecule has 0 bridgehead atoms. The van der Waals surface area contributed by atoms with Gasteiger partial charge in [0.25, 0.3) is 0 Å². The van der Waals surface area contributed by atoms with Gasteiger partial charge in [-0.15, -0.1) is 0 Å². The molecule has 0 saturated heterocycles. The molecule has 0 radical (unpaired) electrons. The van der Waals surface area contributed by atoms with Gasteiger partial charge in [-0.1, -0.05) is 31.2 Å². The Bertz CT molecular complexity index is 421. The fraction of sp³-hybridized carbons (Fsp3) is 0.333. The van der Waals surface area contributed by atoms with Crippen LogP contribution >= 0.6 is 0 Å². The first kappa shape index (κ1) is 14.3. The largest absolute Gasteiger partial charge is 0.490 e. The van der Waals surface area contributed by atoms with Gasteiger partial charge in [0.15, 0.2) is 0 Å². The molecule has 0 aliphatic heterocycles. The van der Waals surface area contributed by atoms with Crippen LogP contribution < -0.4 is 5.73 Å². The normalized spacial score (nSPS) is 13.2. The molecule has 1 rings (SSSR count). The van der Waals surface area contributed by atoms with Gasteiger partial charge in [0.1, 0.15) is 12.4 Å². The van der Waals surface area contributed by atoms with Crippen molar-refractivity contribution in [2.24, 2.45) is 5.92 Å². The molecule has 0 spiro atoms. The Morgan fingerprint density at radius 1 is 1.44 bits per heavy atom. The molecule has 0 fully saturated rings. The van der Waals surface area contributed by atoms with Crippen molar-refractivity contribution in [1.82, 2.24) is 0 Å². The number of hydrogen-bond donors (Lipinski definition) is 2. The zero-order valence-electron chi connectivity index (χ0n) is 11.0. The van der Waals surface area contributed by atoms with Crippen LogP contribution in [0, 0.1) is 5.92 Å². The van der Waals surface area contributed by atoms with Crippen LogP contribution in [0.2, 0.25) is 0 Å². The summed E-state index contributed by atoms with van der Waals surface area (Å²) in [6.07, 6.45) is 1.86. The maximum atomic E-state index is 9.03. The molecule has 3 N–H and O–H groups in total. The number of allylic oxidation sites excluding steroid dienone is 1. The van der Waals surface area contributed by atoms with Crippen LogP contribution in [-0.4, -0.2) is 11.7 Å². The Balaban J connectivity index is 2.49. The molecule has 0 saturated carbocycles. The lowest BCUT2D eigenvalue weighted by molar-refractivity contribution is 0.211. The van der Waals surface area contributed by atoms with Crippen LogP contribution in [0.3, 0.4) is 0 Å². The van der Waals surface area contributed by atoms with Crippen molar-refractivity contribution in [1.29, 1.82) is 0 Å². The van der Waals surface area contributed by atoms with Crippen LogP contribution in [0.1, 0.15) is 19.4 Å². The summed E-state index contributed by atoms with van der Waals surface area (Å²) < 4.78 is 5.54. The van der Waals surface area contributed by atoms with Crippen molar-refractivity contribution in [3.63, 3.8) is 0 Å². The zero-order valence-corrected chi connectivity index (χ0v) is 11.0. The Morgan fingerprint density at radius 2 is 2.06 bits per heavy atom. The highest BCUT2D eigenvalue weighted by atomic mass is 16.5. The smallest absolute Gasteiger partial charge is 0.113 e. The second-order valence-corrected chi connectivity index (χ2v) is 4.47. The summed E-state index contributed by atoms with van der Waals surface area (Å²) in [6.45, 7) is 8.35. The fourth-order valence-electron chi connectivity index (χ4n) is 1.37. The number of benzene rings is 1. The molecule has 98 valence electrons. The molecule has 18 heavy (non-hydrogen) atoms. The lowest BCUT2D eigenvalue weighted by atomic mass is 10.0. The van der Waals surface area contributed by atoms with Crippen molar-refractivity contribution in [3.8, 4) is 0 Å².